The molecule has 374 valence electrons. The fourth-order valence-corrected chi connectivity index (χ4v) is 5.30. The van der Waals surface area contributed by atoms with Crippen LogP contribution >= 0.6 is 0 Å². The zero-order valence-electron chi connectivity index (χ0n) is 39.1. The van der Waals surface area contributed by atoms with Gasteiger partial charge in [-0.1, -0.05) is 60.2 Å². The molecule has 0 aliphatic heterocycles. The van der Waals surface area contributed by atoms with Gasteiger partial charge in [0.1, 0.15) is 59.5 Å². The molecular formula is C47H68N2O18. The van der Waals surface area contributed by atoms with Crippen molar-refractivity contribution in [3.8, 4) is 0 Å². The van der Waals surface area contributed by atoms with E-state index < -0.39 is 70.0 Å². The van der Waals surface area contributed by atoms with E-state index in [1.54, 1.807) is 25.7 Å². The Morgan fingerprint density at radius 3 is 0.851 bits per heavy atom. The summed E-state index contributed by atoms with van der Waals surface area (Å²) < 4.78 is 47.9. The Labute approximate surface area is 392 Å². The maximum absolute atomic E-state index is 13.1. The highest BCUT2D eigenvalue weighted by atomic mass is 16.6. The minimum atomic E-state index is -1.09. The fourth-order valence-electron chi connectivity index (χ4n) is 5.30. The van der Waals surface area contributed by atoms with Gasteiger partial charge < -0.3 is 52.8 Å². The van der Waals surface area contributed by atoms with Gasteiger partial charge in [0.15, 0.2) is 0 Å². The number of carbonyl (C=O) groups excluding carboxylic acids is 9. The topological polar surface area (TPSA) is 252 Å². The highest BCUT2D eigenvalue weighted by molar-refractivity contribution is 5.83. The molecule has 0 rings (SSSR count). The zero-order valence-corrected chi connectivity index (χ0v) is 39.1. The van der Waals surface area contributed by atoms with Crippen molar-refractivity contribution >= 4 is 53.7 Å². The second-order valence-corrected chi connectivity index (χ2v) is 15.3. The van der Waals surface area contributed by atoms with Gasteiger partial charge in [0, 0.05) is 69.2 Å². The van der Waals surface area contributed by atoms with E-state index in [4.69, 9.17) is 42.6 Å². The van der Waals surface area contributed by atoms with Gasteiger partial charge in [0.05, 0.1) is 35.5 Å². The fraction of sp³-hybridized carbons (Fsp3) is 0.553. The minimum Gasteiger partial charge on any atom is -0.465 e. The standard InChI is InChI=1S/C47H68N2O18/c1-10-36(50)59-27-45(16-7,28-60-37(51)11-2)33-65-42(56)19-22-48-23-26-49(24-20-43(57)66-34-46(17-8,29-61-38(52)12-3)30-62-39(53)13-4)25-21-44(58)67-35-47(18-9,31-63-40(54)14-5)32-64-41(55)15-6/h10-15,48H,1-6,16-35H2,7-9H3. The second kappa shape index (κ2) is 34.0. The molecule has 0 fully saturated rings. The van der Waals surface area contributed by atoms with Crippen molar-refractivity contribution in [3.05, 3.63) is 75.9 Å². The highest BCUT2D eigenvalue weighted by Crippen LogP contribution is 2.27. The minimum absolute atomic E-state index is 0.0792. The molecule has 0 spiro atoms. The maximum atomic E-state index is 13.1. The van der Waals surface area contributed by atoms with E-state index in [0.717, 1.165) is 36.5 Å². The predicted molar refractivity (Wildman–Crippen MR) is 241 cm³/mol. The van der Waals surface area contributed by atoms with Crippen LogP contribution in [0.5, 0.6) is 0 Å². The zero-order chi connectivity index (χ0) is 50.7. The lowest BCUT2D eigenvalue weighted by Gasteiger charge is -2.31. The molecule has 0 amide bonds. The van der Waals surface area contributed by atoms with E-state index >= 15 is 0 Å². The molecule has 0 aromatic carbocycles. The molecule has 0 unspecified atom stereocenters. The third-order valence-electron chi connectivity index (χ3n) is 10.4. The molecule has 0 saturated heterocycles. The second-order valence-electron chi connectivity index (χ2n) is 15.3. The number of ether oxygens (including phenoxy) is 9. The van der Waals surface area contributed by atoms with E-state index in [2.05, 4.69) is 44.8 Å². The Kier molecular flexibility index (Phi) is 30.7. The first-order chi connectivity index (χ1) is 31.9. The first kappa shape index (κ1) is 60.6. The Morgan fingerprint density at radius 1 is 0.373 bits per heavy atom. The average molecular weight is 949 g/mol. The third-order valence-corrected chi connectivity index (χ3v) is 10.4. The normalized spacial score (nSPS) is 11.1. The van der Waals surface area contributed by atoms with Gasteiger partial charge in [-0.3, -0.25) is 14.4 Å². The molecular weight excluding hydrogens is 881 g/mol. The first-order valence-electron chi connectivity index (χ1n) is 21.5. The van der Waals surface area contributed by atoms with Gasteiger partial charge in [0.2, 0.25) is 0 Å². The molecule has 20 heteroatoms. The Hall–Kier alpha value is -6.41. The molecule has 0 bridgehead atoms. The first-order valence-corrected chi connectivity index (χ1v) is 21.5. The smallest absolute Gasteiger partial charge is 0.330 e. The van der Waals surface area contributed by atoms with Crippen LogP contribution < -0.4 is 5.32 Å². The largest absolute Gasteiger partial charge is 0.465 e. The van der Waals surface area contributed by atoms with Crippen molar-refractivity contribution in [1.82, 2.24) is 10.2 Å². The lowest BCUT2D eigenvalue weighted by Crippen LogP contribution is -2.40. The number of nitrogens with zero attached hydrogens (tertiary/aromatic N) is 1. The summed E-state index contributed by atoms with van der Waals surface area (Å²) in [7, 11) is 0. The number of carbonyl (C=O) groups is 9. The quantitative estimate of drug-likeness (QED) is 0.0402. The van der Waals surface area contributed by atoms with Crippen molar-refractivity contribution in [2.24, 2.45) is 16.2 Å². The third kappa shape index (κ3) is 26.4. The average Bonchev–Trinajstić information content (AvgIpc) is 3.35. The molecule has 0 heterocycles. The molecule has 0 aromatic rings. The van der Waals surface area contributed by atoms with Gasteiger partial charge in [0.25, 0.3) is 0 Å². The number of rotatable bonds is 39. The molecule has 0 atom stereocenters. The SMILES string of the molecule is C=CC(=O)OCC(CC)(COC(=O)C=C)COC(=O)CCNCCN(CCC(=O)OCC(CC)(COC(=O)C=C)COC(=O)C=C)CCC(=O)OCC(CC)(COC(=O)C=C)COC(=O)C=C. The van der Waals surface area contributed by atoms with Crippen LogP contribution in [0, 0.1) is 16.2 Å². The number of esters is 9. The van der Waals surface area contributed by atoms with Crippen molar-refractivity contribution in [2.45, 2.75) is 59.3 Å². The molecule has 0 aliphatic rings. The summed E-state index contributed by atoms with van der Waals surface area (Å²) in [6.07, 6.45) is 6.30. The highest BCUT2D eigenvalue weighted by Gasteiger charge is 2.36. The van der Waals surface area contributed by atoms with Crippen LogP contribution in [0.15, 0.2) is 75.9 Å². The van der Waals surface area contributed by atoms with Crippen LogP contribution in [0.1, 0.15) is 59.3 Å². The van der Waals surface area contributed by atoms with Gasteiger partial charge in [-0.05, 0) is 19.3 Å². The van der Waals surface area contributed by atoms with Gasteiger partial charge in [-0.25, -0.2) is 28.8 Å². The summed E-state index contributed by atoms with van der Waals surface area (Å²) in [5, 5.41) is 3.12. The monoisotopic (exact) mass is 948 g/mol. The molecule has 20 nitrogen and oxygen atoms in total. The summed E-state index contributed by atoms with van der Waals surface area (Å²) in [5.74, 6) is -6.20. The molecule has 0 aromatic heterocycles. The van der Waals surface area contributed by atoms with Crippen LogP contribution in [-0.4, -0.2) is 151 Å². The molecule has 0 saturated carbocycles. The van der Waals surface area contributed by atoms with E-state index in [0.29, 0.717) is 6.42 Å². The number of hydrogen-bond donors (Lipinski definition) is 1. The van der Waals surface area contributed by atoms with Crippen molar-refractivity contribution in [1.29, 1.82) is 0 Å². The maximum Gasteiger partial charge on any atom is 0.330 e. The lowest BCUT2D eigenvalue weighted by molar-refractivity contribution is -0.161. The summed E-state index contributed by atoms with van der Waals surface area (Å²) in [5.41, 5.74) is -3.21. The van der Waals surface area contributed by atoms with E-state index in [-0.39, 0.29) is 124 Å². The number of nitrogens with one attached hydrogen (secondary N) is 1. The van der Waals surface area contributed by atoms with E-state index in [9.17, 15) is 43.2 Å². The predicted octanol–water partition coefficient (Wildman–Crippen LogP) is 3.24. The molecule has 67 heavy (non-hydrogen) atoms. The van der Waals surface area contributed by atoms with Crippen LogP contribution in [0.4, 0.5) is 0 Å². The van der Waals surface area contributed by atoms with Crippen LogP contribution in [0.25, 0.3) is 0 Å². The molecule has 0 radical (unpaired) electrons. The van der Waals surface area contributed by atoms with Gasteiger partial charge >= 0.3 is 53.7 Å². The van der Waals surface area contributed by atoms with Crippen LogP contribution in [0.2, 0.25) is 0 Å². The number of hydrogen-bond acceptors (Lipinski definition) is 20. The Bertz CT molecular complexity index is 1570. The van der Waals surface area contributed by atoms with Gasteiger partial charge in [-0.2, -0.15) is 0 Å². The van der Waals surface area contributed by atoms with Gasteiger partial charge in [-0.15, -0.1) is 0 Å². The van der Waals surface area contributed by atoms with E-state index in [1.807, 2.05) is 0 Å². The summed E-state index contributed by atoms with van der Waals surface area (Å²) in [6.45, 7) is 24.1. The van der Waals surface area contributed by atoms with E-state index in [1.165, 1.54) is 0 Å². The molecule has 1 N–H and O–H groups in total. The van der Waals surface area contributed by atoms with Crippen LogP contribution in [0.3, 0.4) is 0 Å². The van der Waals surface area contributed by atoms with Crippen molar-refractivity contribution in [2.75, 3.05) is 92.2 Å². The van der Waals surface area contributed by atoms with Crippen molar-refractivity contribution < 1.29 is 85.8 Å². The van der Waals surface area contributed by atoms with Crippen molar-refractivity contribution in [3.63, 3.8) is 0 Å². The Morgan fingerprint density at radius 2 is 0.612 bits per heavy atom. The summed E-state index contributed by atoms with van der Waals surface area (Å²) >= 11 is 0. The van der Waals surface area contributed by atoms with Crippen LogP contribution in [-0.2, 0) is 85.8 Å². The molecule has 0 aliphatic carbocycles. The lowest BCUT2D eigenvalue weighted by atomic mass is 9.88. The Balaban J connectivity index is 5.90. The summed E-state index contributed by atoms with van der Waals surface area (Å²) in [6, 6.07) is 0. The summed E-state index contributed by atoms with van der Waals surface area (Å²) in [4.78, 5) is 112.